The van der Waals surface area contributed by atoms with Gasteiger partial charge in [-0.1, -0.05) is 12.0 Å². The number of rotatable bonds is 5. The second-order valence-electron chi connectivity index (χ2n) is 3.58. The van der Waals surface area contributed by atoms with Gasteiger partial charge in [-0.3, -0.25) is 4.79 Å². The molecular weight excluding hydrogens is 210 g/mol. The van der Waals surface area contributed by atoms with Crippen molar-refractivity contribution in [3.05, 3.63) is 5.89 Å². The van der Waals surface area contributed by atoms with Crippen LogP contribution in [0.5, 0.6) is 0 Å². The van der Waals surface area contributed by atoms with Crippen LogP contribution >= 0.6 is 0 Å². The highest BCUT2D eigenvalue weighted by Gasteiger charge is 2.17. The van der Waals surface area contributed by atoms with Gasteiger partial charge in [-0.2, -0.15) is 0 Å². The highest BCUT2D eigenvalue weighted by molar-refractivity contribution is 5.78. The van der Waals surface area contributed by atoms with E-state index in [0.717, 1.165) is 0 Å². The fourth-order valence-electron chi connectivity index (χ4n) is 1.30. The van der Waals surface area contributed by atoms with Crippen molar-refractivity contribution in [2.24, 2.45) is 11.7 Å². The molecule has 0 saturated heterocycles. The van der Waals surface area contributed by atoms with Crippen LogP contribution < -0.4 is 16.0 Å². The van der Waals surface area contributed by atoms with Gasteiger partial charge in [-0.25, -0.2) is 0 Å². The molecule has 0 aliphatic carbocycles. The summed E-state index contributed by atoms with van der Waals surface area (Å²) >= 11 is 0. The maximum atomic E-state index is 11.3. The molecule has 3 N–H and O–H groups in total. The molecule has 0 aliphatic rings. The van der Waals surface area contributed by atoms with Gasteiger partial charge in [0.1, 0.15) is 0 Å². The molecule has 0 bridgehead atoms. The zero-order valence-electron chi connectivity index (χ0n) is 9.73. The second kappa shape index (κ2) is 5.45. The summed E-state index contributed by atoms with van der Waals surface area (Å²) in [5, 5.41) is 10.2. The van der Waals surface area contributed by atoms with Gasteiger partial charge in [0, 0.05) is 20.6 Å². The molecule has 1 aromatic rings. The molecule has 1 rings (SSSR count). The molecule has 0 fully saturated rings. The maximum absolute atomic E-state index is 11.3. The summed E-state index contributed by atoms with van der Waals surface area (Å²) in [5.74, 6) is 0.211. The van der Waals surface area contributed by atoms with E-state index in [4.69, 9.17) is 10.2 Å². The molecule has 1 heterocycles. The van der Waals surface area contributed by atoms with E-state index in [9.17, 15) is 4.79 Å². The number of carbonyl (C=O) groups is 1. The zero-order chi connectivity index (χ0) is 12.1. The third kappa shape index (κ3) is 2.93. The van der Waals surface area contributed by atoms with Gasteiger partial charge in [0.25, 0.3) is 0 Å². The smallest absolute Gasteiger partial charge is 0.317 e. The van der Waals surface area contributed by atoms with E-state index in [2.05, 4.69) is 15.5 Å². The maximum Gasteiger partial charge on any atom is 0.317 e. The SMILES string of the molecule is CNC(=O)C(C)CN(C)c1nnc(CN)o1. The first-order valence-corrected chi connectivity index (χ1v) is 5.03. The molecule has 1 atom stereocenters. The summed E-state index contributed by atoms with van der Waals surface area (Å²) in [6, 6.07) is 0.371. The van der Waals surface area contributed by atoms with Crippen LogP contribution in [0.1, 0.15) is 12.8 Å². The molecule has 0 radical (unpaired) electrons. The van der Waals surface area contributed by atoms with E-state index < -0.39 is 0 Å². The van der Waals surface area contributed by atoms with Crippen molar-refractivity contribution >= 4 is 11.9 Å². The van der Waals surface area contributed by atoms with Crippen LogP contribution in [0.4, 0.5) is 6.01 Å². The van der Waals surface area contributed by atoms with Crippen molar-refractivity contribution in [2.45, 2.75) is 13.5 Å². The number of carbonyl (C=O) groups excluding carboxylic acids is 1. The number of hydrogen-bond acceptors (Lipinski definition) is 6. The van der Waals surface area contributed by atoms with E-state index in [0.29, 0.717) is 18.5 Å². The van der Waals surface area contributed by atoms with Crippen molar-refractivity contribution < 1.29 is 9.21 Å². The van der Waals surface area contributed by atoms with Gasteiger partial charge < -0.3 is 20.4 Å². The van der Waals surface area contributed by atoms with Gasteiger partial charge in [-0.05, 0) is 0 Å². The first-order valence-electron chi connectivity index (χ1n) is 5.03. The Morgan fingerprint density at radius 2 is 2.31 bits per heavy atom. The predicted octanol–water partition coefficient (Wildman–Crippen LogP) is -0.653. The Bertz CT molecular complexity index is 351. The predicted molar refractivity (Wildman–Crippen MR) is 58.7 cm³/mol. The lowest BCUT2D eigenvalue weighted by Gasteiger charge is -2.17. The van der Waals surface area contributed by atoms with Gasteiger partial charge in [-0.15, -0.1) is 5.10 Å². The summed E-state index contributed by atoms with van der Waals surface area (Å²) in [6.45, 7) is 2.55. The summed E-state index contributed by atoms with van der Waals surface area (Å²) in [4.78, 5) is 13.0. The average molecular weight is 227 g/mol. The number of amides is 1. The van der Waals surface area contributed by atoms with Crippen LogP contribution in [-0.4, -0.2) is 36.7 Å². The molecule has 7 heteroatoms. The van der Waals surface area contributed by atoms with Crippen molar-refractivity contribution in [3.63, 3.8) is 0 Å². The molecule has 1 unspecified atom stereocenters. The molecule has 0 aliphatic heterocycles. The van der Waals surface area contributed by atoms with E-state index in [1.807, 2.05) is 6.92 Å². The third-order valence-electron chi connectivity index (χ3n) is 2.20. The van der Waals surface area contributed by atoms with Crippen molar-refractivity contribution in [3.8, 4) is 0 Å². The number of nitrogens with zero attached hydrogens (tertiary/aromatic N) is 3. The van der Waals surface area contributed by atoms with Gasteiger partial charge in [0.05, 0.1) is 12.5 Å². The third-order valence-corrected chi connectivity index (χ3v) is 2.20. The molecule has 0 saturated carbocycles. The first-order chi connectivity index (χ1) is 7.58. The summed E-state index contributed by atoms with van der Waals surface area (Å²) in [5.41, 5.74) is 5.36. The normalized spacial score (nSPS) is 12.2. The van der Waals surface area contributed by atoms with E-state index in [1.54, 1.807) is 19.0 Å². The lowest BCUT2D eigenvalue weighted by atomic mass is 10.1. The fraction of sp³-hybridized carbons (Fsp3) is 0.667. The molecule has 1 aromatic heterocycles. The average Bonchev–Trinajstić information content (AvgIpc) is 2.76. The molecule has 7 nitrogen and oxygen atoms in total. The zero-order valence-corrected chi connectivity index (χ0v) is 9.73. The Morgan fingerprint density at radius 1 is 1.62 bits per heavy atom. The fourth-order valence-corrected chi connectivity index (χ4v) is 1.30. The Hall–Kier alpha value is -1.63. The van der Waals surface area contributed by atoms with Crippen LogP contribution in [0.25, 0.3) is 0 Å². The largest absolute Gasteiger partial charge is 0.407 e. The van der Waals surface area contributed by atoms with E-state index in [-0.39, 0.29) is 18.4 Å². The highest BCUT2D eigenvalue weighted by atomic mass is 16.4. The monoisotopic (exact) mass is 227 g/mol. The van der Waals surface area contributed by atoms with Crippen LogP contribution in [0.3, 0.4) is 0 Å². The molecule has 1 amide bonds. The first kappa shape index (κ1) is 12.4. The summed E-state index contributed by atoms with van der Waals surface area (Å²) in [6.07, 6.45) is 0. The molecular formula is C9H17N5O2. The Labute approximate surface area is 94.0 Å². The number of nitrogens with two attached hydrogens (primary N) is 1. The van der Waals surface area contributed by atoms with Crippen LogP contribution in [0.15, 0.2) is 4.42 Å². The standard InChI is InChI=1S/C9H17N5O2/c1-6(8(15)11-2)5-14(3)9-13-12-7(4-10)16-9/h6H,4-5,10H2,1-3H3,(H,11,15). The lowest BCUT2D eigenvalue weighted by molar-refractivity contribution is -0.123. The van der Waals surface area contributed by atoms with Crippen molar-refractivity contribution in [1.29, 1.82) is 0 Å². The summed E-state index contributed by atoms with van der Waals surface area (Å²) < 4.78 is 5.26. The van der Waals surface area contributed by atoms with E-state index in [1.165, 1.54) is 0 Å². The van der Waals surface area contributed by atoms with Gasteiger partial charge in [0.2, 0.25) is 11.8 Å². The minimum absolute atomic E-state index is 0.0228. The summed E-state index contributed by atoms with van der Waals surface area (Å²) in [7, 11) is 3.39. The quantitative estimate of drug-likeness (QED) is 0.693. The Kier molecular flexibility index (Phi) is 4.24. The number of hydrogen-bond donors (Lipinski definition) is 2. The topological polar surface area (TPSA) is 97.3 Å². The second-order valence-corrected chi connectivity index (χ2v) is 3.58. The van der Waals surface area contributed by atoms with Crippen molar-refractivity contribution in [2.75, 3.05) is 25.5 Å². The molecule has 90 valence electrons. The number of aromatic nitrogens is 2. The highest BCUT2D eigenvalue weighted by Crippen LogP contribution is 2.11. The minimum Gasteiger partial charge on any atom is -0.407 e. The molecule has 16 heavy (non-hydrogen) atoms. The molecule has 0 aromatic carbocycles. The minimum atomic E-state index is -0.150. The van der Waals surface area contributed by atoms with Crippen LogP contribution in [0.2, 0.25) is 0 Å². The van der Waals surface area contributed by atoms with Crippen molar-refractivity contribution in [1.82, 2.24) is 15.5 Å². The van der Waals surface area contributed by atoms with E-state index >= 15 is 0 Å². The molecule has 0 spiro atoms. The number of nitrogens with one attached hydrogen (secondary N) is 1. The van der Waals surface area contributed by atoms with Crippen LogP contribution in [-0.2, 0) is 11.3 Å². The van der Waals surface area contributed by atoms with Gasteiger partial charge >= 0.3 is 6.01 Å². The Morgan fingerprint density at radius 3 is 2.81 bits per heavy atom. The number of anilines is 1. The Balaban J connectivity index is 2.57. The van der Waals surface area contributed by atoms with Gasteiger partial charge in [0.15, 0.2) is 0 Å². The lowest BCUT2D eigenvalue weighted by Crippen LogP contribution is -2.34. The van der Waals surface area contributed by atoms with Crippen LogP contribution in [0, 0.1) is 5.92 Å².